The summed E-state index contributed by atoms with van der Waals surface area (Å²) in [4.78, 5) is 11.7. The molecule has 0 aliphatic carbocycles. The third-order valence-corrected chi connectivity index (χ3v) is 6.82. The zero-order chi connectivity index (χ0) is 16.0. The van der Waals surface area contributed by atoms with E-state index in [4.69, 9.17) is 0 Å². The molecule has 0 radical (unpaired) electrons. The third-order valence-electron chi connectivity index (χ3n) is 3.28. The van der Waals surface area contributed by atoms with E-state index in [-0.39, 0.29) is 12.5 Å². The van der Waals surface area contributed by atoms with Gasteiger partial charge in [0.15, 0.2) is 9.84 Å². The first-order valence-electron chi connectivity index (χ1n) is 7.14. The van der Waals surface area contributed by atoms with Gasteiger partial charge in [0.1, 0.15) is 9.46 Å². The van der Waals surface area contributed by atoms with Gasteiger partial charge in [0.2, 0.25) is 5.91 Å². The van der Waals surface area contributed by atoms with Crippen LogP contribution in [0.15, 0.2) is 52.1 Å². The van der Waals surface area contributed by atoms with Crippen molar-refractivity contribution in [3.05, 3.63) is 53.4 Å². The van der Waals surface area contributed by atoms with Crippen LogP contribution in [0.25, 0.3) is 0 Å². The summed E-state index contributed by atoms with van der Waals surface area (Å²) in [5.41, 5.74) is 0.688. The Morgan fingerprint density at radius 2 is 1.91 bits per heavy atom. The van der Waals surface area contributed by atoms with Crippen LogP contribution >= 0.6 is 11.3 Å². The molecular formula is C16H19NO3S2. The number of benzene rings is 1. The van der Waals surface area contributed by atoms with Gasteiger partial charge in [-0.3, -0.25) is 4.79 Å². The van der Waals surface area contributed by atoms with Crippen LogP contribution in [0.2, 0.25) is 0 Å². The SMILES string of the molecule is CCCC(=O)NCC(c1ccccc1)S(=O)(=O)c1cccs1. The number of carbonyl (C=O) groups excluding carboxylic acids is 1. The predicted molar refractivity (Wildman–Crippen MR) is 88.6 cm³/mol. The zero-order valence-electron chi connectivity index (χ0n) is 12.4. The molecule has 0 saturated carbocycles. The van der Waals surface area contributed by atoms with E-state index in [9.17, 15) is 13.2 Å². The summed E-state index contributed by atoms with van der Waals surface area (Å²) in [5.74, 6) is -0.121. The van der Waals surface area contributed by atoms with Crippen molar-refractivity contribution >= 4 is 27.1 Å². The highest BCUT2D eigenvalue weighted by Crippen LogP contribution is 2.31. The second kappa shape index (κ2) is 7.56. The van der Waals surface area contributed by atoms with Gasteiger partial charge in [0.25, 0.3) is 0 Å². The van der Waals surface area contributed by atoms with Crippen LogP contribution in [-0.4, -0.2) is 20.9 Å². The summed E-state index contributed by atoms with van der Waals surface area (Å²) in [6, 6.07) is 12.3. The summed E-state index contributed by atoms with van der Waals surface area (Å²) in [7, 11) is -3.52. The molecule has 22 heavy (non-hydrogen) atoms. The Hall–Kier alpha value is -1.66. The van der Waals surface area contributed by atoms with E-state index in [2.05, 4.69) is 5.32 Å². The highest BCUT2D eigenvalue weighted by Gasteiger charge is 2.30. The van der Waals surface area contributed by atoms with Crippen LogP contribution in [-0.2, 0) is 14.6 Å². The van der Waals surface area contributed by atoms with E-state index < -0.39 is 15.1 Å². The Morgan fingerprint density at radius 1 is 1.18 bits per heavy atom. The average Bonchev–Trinajstić information content (AvgIpc) is 3.03. The molecule has 0 saturated heterocycles. The van der Waals surface area contributed by atoms with Crippen molar-refractivity contribution in [1.29, 1.82) is 0 Å². The number of thiophene rings is 1. The predicted octanol–water partition coefficient (Wildman–Crippen LogP) is 3.18. The molecule has 1 N–H and O–H groups in total. The number of amides is 1. The molecule has 6 heteroatoms. The van der Waals surface area contributed by atoms with Gasteiger partial charge in [0.05, 0.1) is 0 Å². The first-order chi connectivity index (χ1) is 10.6. The first kappa shape index (κ1) is 16.7. The van der Waals surface area contributed by atoms with Crippen molar-refractivity contribution < 1.29 is 13.2 Å². The molecule has 1 heterocycles. The fourth-order valence-corrected chi connectivity index (χ4v) is 5.03. The highest BCUT2D eigenvalue weighted by atomic mass is 32.2. The van der Waals surface area contributed by atoms with Crippen LogP contribution in [0.5, 0.6) is 0 Å². The summed E-state index contributed by atoms with van der Waals surface area (Å²) < 4.78 is 26.0. The molecule has 0 aliphatic rings. The van der Waals surface area contributed by atoms with E-state index >= 15 is 0 Å². The number of carbonyl (C=O) groups is 1. The Bertz CT molecular complexity index is 694. The molecule has 0 bridgehead atoms. The number of nitrogens with one attached hydrogen (secondary N) is 1. The fraction of sp³-hybridized carbons (Fsp3) is 0.312. The fourth-order valence-electron chi connectivity index (χ4n) is 2.16. The molecule has 0 aliphatic heterocycles. The average molecular weight is 337 g/mol. The summed E-state index contributed by atoms with van der Waals surface area (Å²) in [6.45, 7) is 2.00. The lowest BCUT2D eigenvalue weighted by Crippen LogP contribution is -2.31. The number of rotatable bonds is 7. The quantitative estimate of drug-likeness (QED) is 0.844. The molecule has 1 aromatic heterocycles. The standard InChI is InChI=1S/C16H19NO3S2/c1-2-7-15(18)17-12-14(13-8-4-3-5-9-13)22(19,20)16-10-6-11-21-16/h3-6,8-11,14H,2,7,12H2,1H3,(H,17,18). The number of hydrogen-bond acceptors (Lipinski definition) is 4. The van der Waals surface area contributed by atoms with Crippen molar-refractivity contribution in [2.75, 3.05) is 6.54 Å². The van der Waals surface area contributed by atoms with E-state index in [0.29, 0.717) is 16.2 Å². The van der Waals surface area contributed by atoms with Crippen molar-refractivity contribution in [3.8, 4) is 0 Å². The van der Waals surface area contributed by atoms with Crippen molar-refractivity contribution in [3.63, 3.8) is 0 Å². The topological polar surface area (TPSA) is 63.2 Å². The normalized spacial score (nSPS) is 12.8. The van der Waals surface area contributed by atoms with E-state index in [1.54, 1.807) is 41.8 Å². The lowest BCUT2D eigenvalue weighted by Gasteiger charge is -2.18. The Labute approximate surface area is 135 Å². The molecule has 1 aromatic carbocycles. The Balaban J connectivity index is 2.28. The minimum atomic E-state index is -3.52. The molecule has 1 unspecified atom stereocenters. The van der Waals surface area contributed by atoms with Gasteiger partial charge < -0.3 is 5.32 Å². The Morgan fingerprint density at radius 3 is 2.50 bits per heavy atom. The van der Waals surface area contributed by atoms with Crippen LogP contribution in [0.3, 0.4) is 0 Å². The molecule has 2 aromatic rings. The molecule has 1 amide bonds. The second-order valence-electron chi connectivity index (χ2n) is 4.93. The molecule has 0 fully saturated rings. The van der Waals surface area contributed by atoms with Gasteiger partial charge in [-0.1, -0.05) is 43.3 Å². The molecule has 118 valence electrons. The van der Waals surface area contributed by atoms with Crippen LogP contribution in [0, 0.1) is 0 Å². The van der Waals surface area contributed by atoms with Gasteiger partial charge >= 0.3 is 0 Å². The monoisotopic (exact) mass is 337 g/mol. The van der Waals surface area contributed by atoms with Crippen molar-refractivity contribution in [2.24, 2.45) is 0 Å². The minimum Gasteiger partial charge on any atom is -0.354 e. The van der Waals surface area contributed by atoms with Gasteiger partial charge in [-0.25, -0.2) is 8.42 Å². The summed E-state index contributed by atoms with van der Waals surface area (Å²) in [6.07, 6.45) is 1.14. The molecule has 2 rings (SSSR count). The molecule has 1 atom stereocenters. The van der Waals surface area contributed by atoms with Crippen LogP contribution in [0.4, 0.5) is 0 Å². The zero-order valence-corrected chi connectivity index (χ0v) is 14.0. The van der Waals surface area contributed by atoms with Gasteiger partial charge in [-0.15, -0.1) is 11.3 Å². The maximum atomic E-state index is 12.8. The minimum absolute atomic E-state index is 0.0864. The first-order valence-corrected chi connectivity index (χ1v) is 9.57. The third kappa shape index (κ3) is 3.96. The lowest BCUT2D eigenvalue weighted by molar-refractivity contribution is -0.121. The number of sulfone groups is 1. The van der Waals surface area contributed by atoms with Gasteiger partial charge in [0, 0.05) is 13.0 Å². The molecule has 4 nitrogen and oxygen atoms in total. The highest BCUT2D eigenvalue weighted by molar-refractivity contribution is 7.93. The number of hydrogen-bond donors (Lipinski definition) is 1. The largest absolute Gasteiger partial charge is 0.354 e. The van der Waals surface area contributed by atoms with Crippen LogP contribution < -0.4 is 5.32 Å². The van der Waals surface area contributed by atoms with E-state index in [1.165, 1.54) is 11.3 Å². The van der Waals surface area contributed by atoms with Gasteiger partial charge in [-0.05, 0) is 23.4 Å². The smallest absolute Gasteiger partial charge is 0.220 e. The maximum absolute atomic E-state index is 12.8. The second-order valence-corrected chi connectivity index (χ2v) is 8.24. The van der Waals surface area contributed by atoms with Gasteiger partial charge in [-0.2, -0.15) is 0 Å². The lowest BCUT2D eigenvalue weighted by atomic mass is 10.1. The van der Waals surface area contributed by atoms with E-state index in [0.717, 1.165) is 6.42 Å². The summed E-state index contributed by atoms with van der Waals surface area (Å²) >= 11 is 1.20. The molecular weight excluding hydrogens is 318 g/mol. The summed E-state index contributed by atoms with van der Waals surface area (Å²) in [5, 5.41) is 3.71. The van der Waals surface area contributed by atoms with Crippen molar-refractivity contribution in [2.45, 2.75) is 29.2 Å². The van der Waals surface area contributed by atoms with Crippen LogP contribution in [0.1, 0.15) is 30.6 Å². The van der Waals surface area contributed by atoms with E-state index in [1.807, 2.05) is 13.0 Å². The van der Waals surface area contributed by atoms with Crippen molar-refractivity contribution in [1.82, 2.24) is 5.32 Å². The maximum Gasteiger partial charge on any atom is 0.220 e. The Kier molecular flexibility index (Phi) is 5.74. The molecule has 0 spiro atoms.